The first kappa shape index (κ1) is 55.4. The highest BCUT2D eigenvalue weighted by Crippen LogP contribution is 2.62. The summed E-state index contributed by atoms with van der Waals surface area (Å²) in [5, 5.41) is 27.6. The maximum absolute atomic E-state index is 12.8. The van der Waals surface area contributed by atoms with E-state index in [4.69, 9.17) is 19.3 Å². The third-order valence-corrected chi connectivity index (χ3v) is 16.6. The van der Waals surface area contributed by atoms with Crippen molar-refractivity contribution in [2.75, 3.05) is 0 Å². The molecule has 5 saturated carbocycles. The molecule has 8 heteroatoms. The van der Waals surface area contributed by atoms with Crippen molar-refractivity contribution in [2.45, 2.75) is 203 Å². The number of phenols is 3. The smallest absolute Gasteiger partial charge is 0.312 e. The van der Waals surface area contributed by atoms with Gasteiger partial charge in [-0.25, -0.2) is 0 Å². The lowest BCUT2D eigenvalue weighted by molar-refractivity contribution is -0.231. The number of aromatic hydroxyl groups is 3. The van der Waals surface area contributed by atoms with Crippen LogP contribution in [0.25, 0.3) is 0 Å². The first-order valence-corrected chi connectivity index (χ1v) is 26.0. The average molecular weight is 927 g/mol. The molecule has 0 aromatic heterocycles. The highest BCUT2D eigenvalue weighted by atomic mass is 16.6. The molecule has 0 spiro atoms. The number of phenolic OH excluding ortho intramolecular Hbond substituents is 3. The van der Waals surface area contributed by atoms with E-state index in [-0.39, 0.29) is 45.5 Å². The zero-order chi connectivity index (χ0) is 49.9. The van der Waals surface area contributed by atoms with E-state index in [9.17, 15) is 19.8 Å². The Kier molecular flexibility index (Phi) is 19.7. The van der Waals surface area contributed by atoms with E-state index >= 15 is 0 Å². The molecule has 2 unspecified atom stereocenters. The molecule has 0 saturated heterocycles. The van der Waals surface area contributed by atoms with Crippen molar-refractivity contribution >= 4 is 11.9 Å². The Hall–Kier alpha value is -4.20. The van der Waals surface area contributed by atoms with E-state index in [1.54, 1.807) is 18.2 Å². The van der Waals surface area contributed by atoms with Crippen LogP contribution in [0.1, 0.15) is 203 Å². The summed E-state index contributed by atoms with van der Waals surface area (Å²) in [7, 11) is 0. The SMILES string of the molecule is CCC(C)(C)C(=O)OC1(C(C)C)C2CC3CC(C2)CC1C3.CCC(C)(C)C(=O)OC1(C(C)C)CCCC1.CCC(C)c1ccc(O)cc1.CCC(C)c1ccc(Oc2ccc(O)c(O)c2)cc1. The van der Waals surface area contributed by atoms with Gasteiger partial charge in [0.25, 0.3) is 0 Å². The molecule has 0 radical (unpaired) electrons. The summed E-state index contributed by atoms with van der Waals surface area (Å²) < 4.78 is 17.9. The first-order chi connectivity index (χ1) is 31.5. The monoisotopic (exact) mass is 927 g/mol. The zero-order valence-electron chi connectivity index (χ0n) is 44.0. The van der Waals surface area contributed by atoms with Crippen LogP contribution in [-0.4, -0.2) is 38.5 Å². The average Bonchev–Trinajstić information content (AvgIpc) is 3.79. The topological polar surface area (TPSA) is 123 Å². The lowest BCUT2D eigenvalue weighted by Crippen LogP contribution is -2.63. The summed E-state index contributed by atoms with van der Waals surface area (Å²) in [4.78, 5) is 24.9. The van der Waals surface area contributed by atoms with Crippen LogP contribution in [0.3, 0.4) is 0 Å². The second-order valence-corrected chi connectivity index (χ2v) is 22.5. The van der Waals surface area contributed by atoms with E-state index in [1.807, 2.05) is 71.0 Å². The van der Waals surface area contributed by atoms with Gasteiger partial charge in [0, 0.05) is 6.07 Å². The molecule has 4 bridgehead atoms. The maximum Gasteiger partial charge on any atom is 0.312 e. The van der Waals surface area contributed by atoms with Gasteiger partial charge in [0.05, 0.1) is 10.8 Å². The molecule has 5 fully saturated rings. The highest BCUT2D eigenvalue weighted by Gasteiger charge is 2.61. The van der Waals surface area contributed by atoms with Crippen molar-refractivity contribution < 1.29 is 39.1 Å². The van der Waals surface area contributed by atoms with Gasteiger partial charge in [0.15, 0.2) is 11.5 Å². The third-order valence-electron chi connectivity index (χ3n) is 16.6. The highest BCUT2D eigenvalue weighted by molar-refractivity contribution is 5.77. The van der Waals surface area contributed by atoms with E-state index in [0.29, 0.717) is 52.8 Å². The van der Waals surface area contributed by atoms with Gasteiger partial charge in [-0.2, -0.15) is 0 Å². The molecule has 5 aliphatic carbocycles. The Bertz CT molecular complexity index is 1960. The molecular weight excluding hydrogens is 837 g/mol. The van der Waals surface area contributed by atoms with Crippen LogP contribution < -0.4 is 4.74 Å². The Labute approximate surface area is 406 Å². The fourth-order valence-electron chi connectivity index (χ4n) is 10.7. The van der Waals surface area contributed by atoms with Crippen LogP contribution >= 0.6 is 0 Å². The minimum atomic E-state index is -0.351. The van der Waals surface area contributed by atoms with Gasteiger partial charge in [-0.3, -0.25) is 9.59 Å². The Morgan fingerprint density at radius 1 is 0.582 bits per heavy atom. The molecule has 67 heavy (non-hydrogen) atoms. The van der Waals surface area contributed by atoms with Gasteiger partial charge in [-0.05, 0) is 206 Å². The molecule has 0 aliphatic heterocycles. The van der Waals surface area contributed by atoms with Crippen LogP contribution in [0.2, 0.25) is 0 Å². The fraction of sp³-hybridized carbons (Fsp3) is 0.661. The molecule has 3 aromatic carbocycles. The van der Waals surface area contributed by atoms with Gasteiger partial charge in [0.2, 0.25) is 0 Å². The summed E-state index contributed by atoms with van der Waals surface area (Å²) in [5.74, 6) is 6.26. The van der Waals surface area contributed by atoms with Gasteiger partial charge < -0.3 is 29.5 Å². The normalized spacial score (nSPS) is 23.4. The maximum atomic E-state index is 12.8. The summed E-state index contributed by atoms with van der Waals surface area (Å²) in [5.41, 5.74) is 1.54. The van der Waals surface area contributed by atoms with E-state index in [1.165, 1.54) is 68.2 Å². The van der Waals surface area contributed by atoms with Crippen LogP contribution in [0.5, 0.6) is 28.7 Å². The van der Waals surface area contributed by atoms with Gasteiger partial charge in [0.1, 0.15) is 28.5 Å². The number of hydrogen-bond acceptors (Lipinski definition) is 8. The van der Waals surface area contributed by atoms with Crippen molar-refractivity contribution in [3.8, 4) is 28.7 Å². The largest absolute Gasteiger partial charge is 0.508 e. The predicted molar refractivity (Wildman–Crippen MR) is 273 cm³/mol. The molecule has 3 N–H and O–H groups in total. The van der Waals surface area contributed by atoms with Crippen molar-refractivity contribution in [1.82, 2.24) is 0 Å². The molecule has 8 nitrogen and oxygen atoms in total. The molecule has 374 valence electrons. The molecule has 8 rings (SSSR count). The van der Waals surface area contributed by atoms with Crippen molar-refractivity contribution in [1.29, 1.82) is 0 Å². The number of hydrogen-bond donors (Lipinski definition) is 3. The number of esters is 2. The van der Waals surface area contributed by atoms with Crippen molar-refractivity contribution in [2.24, 2.45) is 46.3 Å². The minimum absolute atomic E-state index is 0.0226. The van der Waals surface area contributed by atoms with E-state index in [0.717, 1.165) is 50.4 Å². The van der Waals surface area contributed by atoms with E-state index in [2.05, 4.69) is 62.3 Å². The standard InChI is InChI=1S/C19H32O2.C16H18O3.C14H26O2.C10H14O/c1-6-18(4,5)17(20)21-19(12(2)3)15-8-13-7-14(10-15)11-16(19)9-13;1-3-11(2)12-4-6-13(7-5-12)19-14-8-9-15(17)16(18)10-14;1-6-13(4,5)12(15)16-14(11(2)3)9-7-8-10-14;1-3-8(2)9-4-6-10(11)7-5-9/h12-16H,6-11H2,1-5H3;4-11,17-18H,3H2,1-2H3;11H,6-10H2,1-5H3;4-8,11H,3H2,1-2H3. The first-order valence-electron chi connectivity index (χ1n) is 26.0. The van der Waals surface area contributed by atoms with Gasteiger partial charge in [-0.1, -0.05) is 93.5 Å². The number of benzene rings is 3. The lowest BCUT2D eigenvalue weighted by Gasteiger charge is -2.62. The number of carbonyl (C=O) groups excluding carboxylic acids is 2. The number of rotatable bonds is 14. The summed E-state index contributed by atoms with van der Waals surface area (Å²) >= 11 is 0. The Morgan fingerprint density at radius 2 is 1.01 bits per heavy atom. The molecule has 5 aliphatic rings. The van der Waals surface area contributed by atoms with Crippen LogP contribution in [0, 0.1) is 46.3 Å². The summed E-state index contributed by atoms with van der Waals surface area (Å²) in [6.07, 6.45) is 15.0. The lowest BCUT2D eigenvalue weighted by atomic mass is 9.47. The van der Waals surface area contributed by atoms with Crippen molar-refractivity contribution in [3.63, 3.8) is 0 Å². The van der Waals surface area contributed by atoms with Crippen molar-refractivity contribution in [3.05, 3.63) is 77.9 Å². The molecule has 0 heterocycles. The quantitative estimate of drug-likeness (QED) is 0.108. The minimum Gasteiger partial charge on any atom is -0.508 e. The molecular formula is C59H90O8. The Morgan fingerprint density at radius 3 is 1.42 bits per heavy atom. The Balaban J connectivity index is 0.000000200. The molecule has 2 atom stereocenters. The van der Waals surface area contributed by atoms with Crippen LogP contribution in [0.4, 0.5) is 0 Å². The van der Waals surface area contributed by atoms with Crippen LogP contribution in [-0.2, 0) is 19.1 Å². The van der Waals surface area contributed by atoms with Crippen LogP contribution in [0.15, 0.2) is 66.7 Å². The van der Waals surface area contributed by atoms with Gasteiger partial charge >= 0.3 is 11.9 Å². The van der Waals surface area contributed by atoms with E-state index < -0.39 is 0 Å². The number of carbonyl (C=O) groups is 2. The molecule has 3 aromatic rings. The summed E-state index contributed by atoms with van der Waals surface area (Å²) in [6, 6.07) is 19.7. The third kappa shape index (κ3) is 14.0. The molecule has 0 amide bonds. The van der Waals surface area contributed by atoms with Gasteiger partial charge in [-0.15, -0.1) is 0 Å². The zero-order valence-corrected chi connectivity index (χ0v) is 44.0. The second-order valence-electron chi connectivity index (χ2n) is 22.5. The predicted octanol–water partition coefficient (Wildman–Crippen LogP) is 16.1. The number of ether oxygens (including phenoxy) is 3. The second kappa shape index (κ2) is 23.9. The summed E-state index contributed by atoms with van der Waals surface area (Å²) in [6.45, 7) is 29.7. The fourth-order valence-corrected chi connectivity index (χ4v) is 10.7.